The van der Waals surface area contributed by atoms with Gasteiger partial charge in [0.25, 0.3) is 10.2 Å². The van der Waals surface area contributed by atoms with Gasteiger partial charge in [-0.3, -0.25) is 0 Å². The Hall–Kier alpha value is -0.380. The summed E-state index contributed by atoms with van der Waals surface area (Å²) in [7, 11) is -4.03. The number of nitrogens with two attached hydrogens (primary N) is 1. The largest absolute Gasteiger partial charge is 0.402 e. The fourth-order valence-corrected chi connectivity index (χ4v) is 2.87. The minimum absolute atomic E-state index is 0.217. The average molecular weight is 275 g/mol. The van der Waals surface area contributed by atoms with Crippen molar-refractivity contribution in [2.75, 3.05) is 26.2 Å². The molecule has 0 aromatic carbocycles. The second kappa shape index (κ2) is 5.51. The molecule has 0 bridgehead atoms. The predicted octanol–water partition coefficient (Wildman–Crippen LogP) is 0.0538. The lowest BCUT2D eigenvalue weighted by molar-refractivity contribution is -0.121. The molecule has 17 heavy (non-hydrogen) atoms. The van der Waals surface area contributed by atoms with Crippen molar-refractivity contribution in [1.82, 2.24) is 9.03 Å². The molecule has 1 heterocycles. The molecule has 1 aliphatic rings. The van der Waals surface area contributed by atoms with Crippen LogP contribution in [0.2, 0.25) is 0 Å². The summed E-state index contributed by atoms with van der Waals surface area (Å²) in [5.74, 6) is 0.254. The van der Waals surface area contributed by atoms with Gasteiger partial charge in [-0.25, -0.2) is 0 Å². The van der Waals surface area contributed by atoms with E-state index in [1.165, 1.54) is 0 Å². The zero-order valence-electron chi connectivity index (χ0n) is 9.20. The minimum atomic E-state index is -4.54. The van der Waals surface area contributed by atoms with Gasteiger partial charge >= 0.3 is 6.18 Å². The van der Waals surface area contributed by atoms with Gasteiger partial charge < -0.3 is 5.73 Å². The van der Waals surface area contributed by atoms with Crippen molar-refractivity contribution in [2.24, 2.45) is 11.7 Å². The van der Waals surface area contributed by atoms with E-state index in [0.29, 0.717) is 19.4 Å². The molecule has 0 radical (unpaired) electrons. The van der Waals surface area contributed by atoms with E-state index in [0.717, 1.165) is 4.31 Å². The molecule has 0 aliphatic carbocycles. The van der Waals surface area contributed by atoms with E-state index in [4.69, 9.17) is 5.73 Å². The number of hydrogen-bond acceptors (Lipinski definition) is 3. The van der Waals surface area contributed by atoms with Crippen LogP contribution in [-0.2, 0) is 10.2 Å². The number of rotatable bonds is 4. The smallest absolute Gasteiger partial charge is 0.330 e. The summed E-state index contributed by atoms with van der Waals surface area (Å²) < 4.78 is 61.3. The Morgan fingerprint density at radius 1 is 1.29 bits per heavy atom. The van der Waals surface area contributed by atoms with Crippen LogP contribution in [0.3, 0.4) is 0 Å². The van der Waals surface area contributed by atoms with Gasteiger partial charge in [-0.2, -0.15) is 30.6 Å². The third kappa shape index (κ3) is 4.78. The Kier molecular flexibility index (Phi) is 4.76. The normalized spacial score (nSPS) is 20.7. The lowest BCUT2D eigenvalue weighted by atomic mass is 9.99. The number of hydrogen-bond donors (Lipinski definition) is 2. The molecular weight excluding hydrogens is 259 g/mol. The first-order valence-electron chi connectivity index (χ1n) is 5.26. The second-order valence-corrected chi connectivity index (χ2v) is 5.77. The maximum atomic E-state index is 11.9. The fraction of sp³-hybridized carbons (Fsp3) is 1.00. The highest BCUT2D eigenvalue weighted by Gasteiger charge is 2.33. The van der Waals surface area contributed by atoms with Crippen molar-refractivity contribution in [3.05, 3.63) is 0 Å². The van der Waals surface area contributed by atoms with Crippen LogP contribution in [0.25, 0.3) is 0 Å². The van der Waals surface area contributed by atoms with Crippen LogP contribution in [0.4, 0.5) is 13.2 Å². The SMILES string of the molecule is NCC1CCN(S(=O)(=O)NCC(F)(F)F)CC1. The summed E-state index contributed by atoms with van der Waals surface area (Å²) in [5, 5.41) is 0. The first-order valence-corrected chi connectivity index (χ1v) is 6.70. The van der Waals surface area contributed by atoms with Gasteiger partial charge in [0.1, 0.15) is 6.54 Å². The molecule has 1 rings (SSSR count). The van der Waals surface area contributed by atoms with E-state index < -0.39 is 22.9 Å². The third-order valence-electron chi connectivity index (χ3n) is 2.70. The Labute approximate surface area is 98.3 Å². The number of halogens is 3. The van der Waals surface area contributed by atoms with Crippen molar-refractivity contribution in [3.8, 4) is 0 Å². The van der Waals surface area contributed by atoms with Crippen LogP contribution in [0.15, 0.2) is 0 Å². The lowest BCUT2D eigenvalue weighted by Gasteiger charge is -2.30. The summed E-state index contributed by atoms with van der Waals surface area (Å²) >= 11 is 0. The zero-order valence-corrected chi connectivity index (χ0v) is 10.0. The summed E-state index contributed by atoms with van der Waals surface area (Å²) in [5.41, 5.74) is 5.44. The van der Waals surface area contributed by atoms with Crippen LogP contribution in [-0.4, -0.2) is 45.1 Å². The molecule has 0 unspecified atom stereocenters. The van der Waals surface area contributed by atoms with Crippen molar-refractivity contribution in [3.63, 3.8) is 0 Å². The summed E-state index contributed by atoms with van der Waals surface area (Å²) in [6.07, 6.45) is -3.37. The summed E-state index contributed by atoms with van der Waals surface area (Å²) in [4.78, 5) is 0. The standard InChI is InChI=1S/C8H16F3N3O2S/c9-8(10,11)6-13-17(15,16)14-3-1-7(5-12)2-4-14/h7,13H,1-6,12H2. The Morgan fingerprint density at radius 2 is 1.82 bits per heavy atom. The van der Waals surface area contributed by atoms with Crippen LogP contribution < -0.4 is 10.5 Å². The third-order valence-corrected chi connectivity index (χ3v) is 4.26. The van der Waals surface area contributed by atoms with E-state index in [9.17, 15) is 21.6 Å². The Balaban J connectivity index is 2.49. The second-order valence-electron chi connectivity index (χ2n) is 4.02. The molecular formula is C8H16F3N3O2S. The van der Waals surface area contributed by atoms with Gasteiger partial charge in [0.05, 0.1) is 0 Å². The molecule has 0 saturated carbocycles. The van der Waals surface area contributed by atoms with Crippen LogP contribution in [0.5, 0.6) is 0 Å². The first-order chi connectivity index (χ1) is 7.74. The topological polar surface area (TPSA) is 75.4 Å². The van der Waals surface area contributed by atoms with E-state index in [1.807, 2.05) is 0 Å². The highest BCUT2D eigenvalue weighted by molar-refractivity contribution is 7.87. The molecule has 9 heteroatoms. The lowest BCUT2D eigenvalue weighted by Crippen LogP contribution is -2.47. The minimum Gasteiger partial charge on any atom is -0.330 e. The van der Waals surface area contributed by atoms with Gasteiger partial charge in [-0.05, 0) is 25.3 Å². The summed E-state index contributed by atoms with van der Waals surface area (Å²) in [6, 6.07) is 0. The number of piperidine rings is 1. The predicted molar refractivity (Wildman–Crippen MR) is 56.3 cm³/mol. The zero-order chi connectivity index (χ0) is 13.1. The van der Waals surface area contributed by atoms with Crippen molar-refractivity contribution in [2.45, 2.75) is 19.0 Å². The van der Waals surface area contributed by atoms with Crippen LogP contribution >= 0.6 is 0 Å². The molecule has 102 valence electrons. The Bertz CT molecular complexity index is 336. The van der Waals surface area contributed by atoms with Gasteiger partial charge in [-0.1, -0.05) is 0 Å². The summed E-state index contributed by atoms with van der Waals surface area (Å²) in [6.45, 7) is -0.625. The van der Waals surface area contributed by atoms with E-state index >= 15 is 0 Å². The van der Waals surface area contributed by atoms with Crippen molar-refractivity contribution >= 4 is 10.2 Å². The van der Waals surface area contributed by atoms with Crippen molar-refractivity contribution in [1.29, 1.82) is 0 Å². The van der Waals surface area contributed by atoms with Crippen LogP contribution in [0.1, 0.15) is 12.8 Å². The first kappa shape index (κ1) is 14.7. The van der Waals surface area contributed by atoms with Crippen molar-refractivity contribution < 1.29 is 21.6 Å². The maximum Gasteiger partial charge on any atom is 0.402 e. The molecule has 1 saturated heterocycles. The van der Waals surface area contributed by atoms with Crippen LogP contribution in [0, 0.1) is 5.92 Å². The monoisotopic (exact) mass is 275 g/mol. The average Bonchev–Trinajstić information content (AvgIpc) is 2.26. The molecule has 1 fully saturated rings. The van der Waals surface area contributed by atoms with Gasteiger partial charge in [0, 0.05) is 13.1 Å². The molecule has 0 aromatic rings. The van der Waals surface area contributed by atoms with E-state index in [2.05, 4.69) is 0 Å². The molecule has 0 atom stereocenters. The van der Waals surface area contributed by atoms with Gasteiger partial charge in [0.2, 0.25) is 0 Å². The van der Waals surface area contributed by atoms with E-state index in [1.54, 1.807) is 4.72 Å². The Morgan fingerprint density at radius 3 is 2.24 bits per heavy atom. The quantitative estimate of drug-likeness (QED) is 0.761. The fourth-order valence-electron chi connectivity index (χ4n) is 1.65. The van der Waals surface area contributed by atoms with Gasteiger partial charge in [-0.15, -0.1) is 0 Å². The molecule has 5 nitrogen and oxygen atoms in total. The van der Waals surface area contributed by atoms with E-state index in [-0.39, 0.29) is 19.0 Å². The maximum absolute atomic E-state index is 11.9. The highest BCUT2D eigenvalue weighted by Crippen LogP contribution is 2.19. The molecule has 0 spiro atoms. The number of nitrogens with zero attached hydrogens (tertiary/aromatic N) is 1. The number of nitrogens with one attached hydrogen (secondary N) is 1. The molecule has 3 N–H and O–H groups in total. The molecule has 0 amide bonds. The highest BCUT2D eigenvalue weighted by atomic mass is 32.2. The van der Waals surface area contributed by atoms with Gasteiger partial charge in [0.15, 0.2) is 0 Å². The molecule has 1 aliphatic heterocycles. The number of alkyl halides is 3. The molecule has 0 aromatic heterocycles.